The summed E-state index contributed by atoms with van der Waals surface area (Å²) in [7, 11) is 0. The molecule has 1 saturated heterocycles. The van der Waals surface area contributed by atoms with Gasteiger partial charge >= 0.3 is 0 Å². The van der Waals surface area contributed by atoms with Crippen molar-refractivity contribution < 1.29 is 0 Å². The molecule has 4 nitrogen and oxygen atoms in total. The summed E-state index contributed by atoms with van der Waals surface area (Å²) < 4.78 is 4.34. The van der Waals surface area contributed by atoms with Gasteiger partial charge in [-0.2, -0.15) is 4.37 Å². The molecule has 0 aromatic carbocycles. The average molecular weight is 240 g/mol. The fraction of sp³-hybridized carbons (Fsp3) is 0.818. The van der Waals surface area contributed by atoms with Crippen molar-refractivity contribution in [3.63, 3.8) is 0 Å². The number of nitrogens with one attached hydrogen (secondary N) is 2. The number of anilines is 1. The van der Waals surface area contributed by atoms with Crippen LogP contribution in [-0.4, -0.2) is 28.5 Å². The molecule has 1 aromatic rings. The summed E-state index contributed by atoms with van der Waals surface area (Å²) in [5.41, 5.74) is 0. The van der Waals surface area contributed by atoms with Crippen molar-refractivity contribution in [1.29, 1.82) is 0 Å². The number of hydrogen-bond acceptors (Lipinski definition) is 5. The van der Waals surface area contributed by atoms with Gasteiger partial charge in [0.05, 0.1) is 0 Å². The SMILES string of the molecule is CCCc1nsc(NC2CCCCNC2)n1. The first-order chi connectivity index (χ1) is 7.88. The van der Waals surface area contributed by atoms with Crippen LogP contribution >= 0.6 is 11.5 Å². The fourth-order valence-electron chi connectivity index (χ4n) is 1.95. The molecule has 0 radical (unpaired) electrons. The molecular weight excluding hydrogens is 220 g/mol. The highest BCUT2D eigenvalue weighted by atomic mass is 32.1. The van der Waals surface area contributed by atoms with Gasteiger partial charge in [-0.3, -0.25) is 0 Å². The zero-order valence-electron chi connectivity index (χ0n) is 9.83. The summed E-state index contributed by atoms with van der Waals surface area (Å²) in [6.45, 7) is 4.35. The average Bonchev–Trinajstić information content (AvgIpc) is 2.56. The van der Waals surface area contributed by atoms with E-state index < -0.39 is 0 Å². The van der Waals surface area contributed by atoms with Gasteiger partial charge in [0.2, 0.25) is 5.13 Å². The van der Waals surface area contributed by atoms with Crippen LogP contribution in [0.5, 0.6) is 0 Å². The van der Waals surface area contributed by atoms with Crippen molar-refractivity contribution in [1.82, 2.24) is 14.7 Å². The number of rotatable bonds is 4. The maximum absolute atomic E-state index is 4.49. The lowest BCUT2D eigenvalue weighted by Gasteiger charge is -2.14. The minimum absolute atomic E-state index is 0.518. The smallest absolute Gasteiger partial charge is 0.202 e. The molecule has 2 heterocycles. The summed E-state index contributed by atoms with van der Waals surface area (Å²) in [6, 6.07) is 0.518. The predicted molar refractivity (Wildman–Crippen MR) is 68.0 cm³/mol. The van der Waals surface area contributed by atoms with Gasteiger partial charge in [0.15, 0.2) is 0 Å². The summed E-state index contributed by atoms with van der Waals surface area (Å²) in [5, 5.41) is 7.91. The van der Waals surface area contributed by atoms with Gasteiger partial charge in [0.25, 0.3) is 0 Å². The standard InChI is InChI=1S/C11H20N4S/c1-2-5-10-14-11(16-15-10)13-9-6-3-4-7-12-8-9/h9,12H,2-8H2,1H3,(H,13,14,15). The summed E-state index contributed by atoms with van der Waals surface area (Å²) >= 11 is 1.49. The second-order valence-corrected chi connectivity index (χ2v) is 5.06. The van der Waals surface area contributed by atoms with E-state index in [-0.39, 0.29) is 0 Å². The van der Waals surface area contributed by atoms with Crippen molar-refractivity contribution in [3.05, 3.63) is 5.82 Å². The van der Waals surface area contributed by atoms with Crippen LogP contribution in [0.1, 0.15) is 38.4 Å². The Balaban J connectivity index is 1.86. The lowest BCUT2D eigenvalue weighted by atomic mass is 10.1. The molecule has 0 amide bonds. The predicted octanol–water partition coefficient (Wildman–Crippen LogP) is 2.04. The molecule has 0 spiro atoms. The Hall–Kier alpha value is -0.680. The Labute approximate surface area is 101 Å². The van der Waals surface area contributed by atoms with E-state index in [9.17, 15) is 0 Å². The highest BCUT2D eigenvalue weighted by molar-refractivity contribution is 7.09. The van der Waals surface area contributed by atoms with Gasteiger partial charge in [-0.1, -0.05) is 13.3 Å². The van der Waals surface area contributed by atoms with E-state index in [2.05, 4.69) is 26.9 Å². The van der Waals surface area contributed by atoms with Crippen LogP contribution in [0.3, 0.4) is 0 Å². The Bertz CT molecular complexity index is 305. The van der Waals surface area contributed by atoms with Gasteiger partial charge in [0, 0.05) is 30.5 Å². The molecule has 1 aliphatic heterocycles. The van der Waals surface area contributed by atoms with Gasteiger partial charge in [-0.15, -0.1) is 0 Å². The van der Waals surface area contributed by atoms with Crippen LogP contribution in [-0.2, 0) is 6.42 Å². The molecule has 1 fully saturated rings. The fourth-order valence-corrected chi connectivity index (χ4v) is 2.64. The van der Waals surface area contributed by atoms with Crippen LogP contribution in [0.25, 0.3) is 0 Å². The van der Waals surface area contributed by atoms with Crippen molar-refractivity contribution in [3.8, 4) is 0 Å². The zero-order valence-corrected chi connectivity index (χ0v) is 10.6. The third kappa shape index (κ3) is 3.42. The van der Waals surface area contributed by atoms with E-state index >= 15 is 0 Å². The summed E-state index contributed by atoms with van der Waals surface area (Å²) in [6.07, 6.45) is 5.92. The molecule has 1 aromatic heterocycles. The van der Waals surface area contributed by atoms with Gasteiger partial charge < -0.3 is 10.6 Å². The summed E-state index contributed by atoms with van der Waals surface area (Å²) in [4.78, 5) is 4.49. The number of aryl methyl sites for hydroxylation is 1. The van der Waals surface area contributed by atoms with Crippen LogP contribution in [0, 0.1) is 0 Å². The first-order valence-electron chi connectivity index (χ1n) is 6.18. The Morgan fingerprint density at radius 2 is 2.44 bits per heavy atom. The molecule has 1 aliphatic rings. The normalized spacial score (nSPS) is 21.7. The molecule has 16 heavy (non-hydrogen) atoms. The third-order valence-corrected chi connectivity index (χ3v) is 3.50. The van der Waals surface area contributed by atoms with E-state index in [0.29, 0.717) is 6.04 Å². The Morgan fingerprint density at radius 3 is 3.31 bits per heavy atom. The lowest BCUT2D eigenvalue weighted by molar-refractivity contribution is 0.635. The lowest BCUT2D eigenvalue weighted by Crippen LogP contribution is -2.30. The first-order valence-corrected chi connectivity index (χ1v) is 6.95. The molecule has 0 saturated carbocycles. The third-order valence-electron chi connectivity index (χ3n) is 2.82. The Kier molecular flexibility index (Phi) is 4.54. The van der Waals surface area contributed by atoms with Gasteiger partial charge in [-0.25, -0.2) is 4.98 Å². The zero-order chi connectivity index (χ0) is 11.2. The van der Waals surface area contributed by atoms with Crippen molar-refractivity contribution in [2.45, 2.75) is 45.1 Å². The molecule has 1 unspecified atom stereocenters. The van der Waals surface area contributed by atoms with E-state index in [1.807, 2.05) is 0 Å². The van der Waals surface area contributed by atoms with E-state index in [1.165, 1.54) is 30.8 Å². The molecule has 0 aliphatic carbocycles. The topological polar surface area (TPSA) is 49.8 Å². The molecular formula is C11H20N4S. The first kappa shape index (κ1) is 11.8. The van der Waals surface area contributed by atoms with Crippen molar-refractivity contribution >= 4 is 16.7 Å². The number of nitrogens with zero attached hydrogens (tertiary/aromatic N) is 2. The molecule has 2 rings (SSSR count). The molecule has 0 bridgehead atoms. The molecule has 5 heteroatoms. The van der Waals surface area contributed by atoms with Crippen LogP contribution in [0.2, 0.25) is 0 Å². The van der Waals surface area contributed by atoms with Crippen LogP contribution in [0.4, 0.5) is 5.13 Å². The largest absolute Gasteiger partial charge is 0.356 e. The summed E-state index contributed by atoms with van der Waals surface area (Å²) in [5.74, 6) is 0.983. The highest BCUT2D eigenvalue weighted by Gasteiger charge is 2.13. The monoisotopic (exact) mass is 240 g/mol. The molecule has 1 atom stereocenters. The molecule has 90 valence electrons. The van der Waals surface area contributed by atoms with E-state index in [1.54, 1.807) is 0 Å². The van der Waals surface area contributed by atoms with Crippen molar-refractivity contribution in [2.24, 2.45) is 0 Å². The minimum Gasteiger partial charge on any atom is -0.356 e. The molecule has 2 N–H and O–H groups in total. The second-order valence-electron chi connectivity index (χ2n) is 4.31. The highest BCUT2D eigenvalue weighted by Crippen LogP contribution is 2.16. The Morgan fingerprint density at radius 1 is 1.50 bits per heavy atom. The number of hydrogen-bond donors (Lipinski definition) is 2. The van der Waals surface area contributed by atoms with Gasteiger partial charge in [-0.05, 0) is 25.8 Å². The quantitative estimate of drug-likeness (QED) is 0.845. The second kappa shape index (κ2) is 6.15. The van der Waals surface area contributed by atoms with E-state index in [0.717, 1.165) is 36.9 Å². The van der Waals surface area contributed by atoms with Crippen LogP contribution < -0.4 is 10.6 Å². The maximum Gasteiger partial charge on any atom is 0.202 e. The van der Waals surface area contributed by atoms with Gasteiger partial charge in [0.1, 0.15) is 5.82 Å². The maximum atomic E-state index is 4.49. The van der Waals surface area contributed by atoms with E-state index in [4.69, 9.17) is 0 Å². The van der Waals surface area contributed by atoms with Crippen LogP contribution in [0.15, 0.2) is 0 Å². The van der Waals surface area contributed by atoms with Crippen molar-refractivity contribution in [2.75, 3.05) is 18.4 Å². The number of aromatic nitrogens is 2. The minimum atomic E-state index is 0.518.